The minimum Gasteiger partial charge on any atom is -0.497 e. The van der Waals surface area contributed by atoms with Crippen molar-refractivity contribution in [2.45, 2.75) is 19.4 Å². The fourth-order valence-corrected chi connectivity index (χ4v) is 4.00. The molecule has 110 valence electrons. The summed E-state index contributed by atoms with van der Waals surface area (Å²) in [5.74, 6) is 1.42. The highest BCUT2D eigenvalue weighted by Crippen LogP contribution is 2.15. The molecule has 1 unspecified atom stereocenters. The van der Waals surface area contributed by atoms with Crippen LogP contribution in [0.25, 0.3) is 6.08 Å². The molecule has 2 rings (SSSR count). The number of methoxy groups -OCH3 is 1. The van der Waals surface area contributed by atoms with Gasteiger partial charge in [0.25, 0.3) is 0 Å². The van der Waals surface area contributed by atoms with Crippen molar-refractivity contribution < 1.29 is 13.2 Å². The summed E-state index contributed by atoms with van der Waals surface area (Å²) in [5, 5.41) is 3.31. The highest BCUT2D eigenvalue weighted by atomic mass is 32.2. The van der Waals surface area contributed by atoms with Crippen molar-refractivity contribution in [3.8, 4) is 5.75 Å². The van der Waals surface area contributed by atoms with Crippen LogP contribution in [0.4, 0.5) is 0 Å². The Morgan fingerprint density at radius 1 is 1.40 bits per heavy atom. The monoisotopic (exact) mass is 295 g/mol. The molecule has 0 saturated carbocycles. The van der Waals surface area contributed by atoms with Gasteiger partial charge in [0.2, 0.25) is 0 Å². The molecule has 0 aliphatic carbocycles. The number of benzene rings is 1. The summed E-state index contributed by atoms with van der Waals surface area (Å²) in [6, 6.07) is 7.95. The topological polar surface area (TPSA) is 55.4 Å². The van der Waals surface area contributed by atoms with E-state index >= 15 is 0 Å². The van der Waals surface area contributed by atoms with Crippen molar-refractivity contribution in [2.75, 3.05) is 25.2 Å². The lowest BCUT2D eigenvalue weighted by atomic mass is 10.1. The van der Waals surface area contributed by atoms with Gasteiger partial charge in [0, 0.05) is 12.6 Å². The van der Waals surface area contributed by atoms with Gasteiger partial charge in [-0.2, -0.15) is 0 Å². The van der Waals surface area contributed by atoms with Gasteiger partial charge in [-0.3, -0.25) is 0 Å². The maximum atomic E-state index is 11.4. The Hall–Kier alpha value is -1.33. The van der Waals surface area contributed by atoms with Crippen molar-refractivity contribution in [3.63, 3.8) is 0 Å². The fourth-order valence-electron chi connectivity index (χ4n) is 2.30. The van der Waals surface area contributed by atoms with Crippen LogP contribution in [-0.4, -0.2) is 39.6 Å². The second kappa shape index (κ2) is 6.41. The zero-order valence-electron chi connectivity index (χ0n) is 11.9. The van der Waals surface area contributed by atoms with Crippen LogP contribution in [0.15, 0.2) is 29.8 Å². The maximum Gasteiger partial charge on any atom is 0.151 e. The fraction of sp³-hybridized carbons (Fsp3) is 0.467. The first-order chi connectivity index (χ1) is 9.48. The molecule has 5 heteroatoms. The van der Waals surface area contributed by atoms with Gasteiger partial charge >= 0.3 is 0 Å². The summed E-state index contributed by atoms with van der Waals surface area (Å²) in [4.78, 5) is 0. The zero-order valence-corrected chi connectivity index (χ0v) is 12.7. The summed E-state index contributed by atoms with van der Waals surface area (Å²) in [6.07, 6.45) is 2.81. The van der Waals surface area contributed by atoms with Crippen LogP contribution in [0.1, 0.15) is 18.9 Å². The lowest BCUT2D eigenvalue weighted by Crippen LogP contribution is -2.31. The van der Waals surface area contributed by atoms with E-state index in [1.807, 2.05) is 31.2 Å². The molecule has 1 N–H and O–H groups in total. The highest BCUT2D eigenvalue weighted by molar-refractivity contribution is 7.91. The largest absolute Gasteiger partial charge is 0.497 e. The van der Waals surface area contributed by atoms with Gasteiger partial charge in [0.05, 0.1) is 18.6 Å². The van der Waals surface area contributed by atoms with E-state index in [4.69, 9.17) is 4.74 Å². The molecule has 1 aliphatic rings. The highest BCUT2D eigenvalue weighted by Gasteiger charge is 2.27. The molecule has 1 aromatic rings. The molecule has 0 bridgehead atoms. The Kier molecular flexibility index (Phi) is 4.83. The lowest BCUT2D eigenvalue weighted by molar-refractivity contribution is 0.415. The van der Waals surface area contributed by atoms with E-state index in [2.05, 4.69) is 11.4 Å². The number of ether oxygens (including phenoxy) is 1. The Morgan fingerprint density at radius 2 is 2.10 bits per heavy atom. The standard InChI is InChI=1S/C15H21NO3S/c1-12(9-13-3-5-15(19-2)6-4-13)10-16-14-7-8-20(17,18)11-14/h3-6,9,14,16H,7-8,10-11H2,1-2H3/b12-9+. The average Bonchev–Trinajstić information content (AvgIpc) is 2.77. The maximum absolute atomic E-state index is 11.4. The summed E-state index contributed by atoms with van der Waals surface area (Å²) in [6.45, 7) is 2.76. The van der Waals surface area contributed by atoms with Gasteiger partial charge in [-0.25, -0.2) is 8.42 Å². The number of sulfone groups is 1. The Morgan fingerprint density at radius 3 is 2.65 bits per heavy atom. The van der Waals surface area contributed by atoms with Gasteiger partial charge in [0.1, 0.15) is 5.75 Å². The quantitative estimate of drug-likeness (QED) is 0.901. The predicted molar refractivity (Wildman–Crippen MR) is 81.7 cm³/mol. The molecule has 1 saturated heterocycles. The summed E-state index contributed by atoms with van der Waals surface area (Å²) in [5.41, 5.74) is 2.30. The average molecular weight is 295 g/mol. The van der Waals surface area contributed by atoms with E-state index in [0.717, 1.165) is 17.7 Å². The molecular formula is C15H21NO3S. The molecule has 0 aromatic heterocycles. The predicted octanol–water partition coefficient (Wildman–Crippen LogP) is 1.88. The van der Waals surface area contributed by atoms with E-state index in [1.54, 1.807) is 7.11 Å². The molecule has 1 fully saturated rings. The second-order valence-corrected chi connectivity index (χ2v) is 7.47. The number of hydrogen-bond acceptors (Lipinski definition) is 4. The number of nitrogens with one attached hydrogen (secondary N) is 1. The van der Waals surface area contributed by atoms with Gasteiger partial charge in [-0.15, -0.1) is 0 Å². The van der Waals surface area contributed by atoms with Crippen molar-refractivity contribution >= 4 is 15.9 Å². The van der Waals surface area contributed by atoms with Gasteiger partial charge in [-0.05, 0) is 31.0 Å². The van der Waals surface area contributed by atoms with Crippen LogP contribution in [0.2, 0.25) is 0 Å². The molecule has 4 nitrogen and oxygen atoms in total. The smallest absolute Gasteiger partial charge is 0.151 e. The van der Waals surface area contributed by atoms with Crippen molar-refractivity contribution in [1.82, 2.24) is 5.32 Å². The summed E-state index contributed by atoms with van der Waals surface area (Å²) < 4.78 is 27.9. The number of rotatable bonds is 5. The van der Waals surface area contributed by atoms with Crippen molar-refractivity contribution in [1.29, 1.82) is 0 Å². The van der Waals surface area contributed by atoms with Crippen molar-refractivity contribution in [2.24, 2.45) is 0 Å². The Labute approximate surface area is 120 Å². The molecule has 0 spiro atoms. The van der Waals surface area contributed by atoms with E-state index in [9.17, 15) is 8.42 Å². The zero-order chi connectivity index (χ0) is 14.6. The van der Waals surface area contributed by atoms with E-state index in [0.29, 0.717) is 12.3 Å². The van der Waals surface area contributed by atoms with Gasteiger partial charge in [0.15, 0.2) is 9.84 Å². The Balaban J connectivity index is 1.87. The lowest BCUT2D eigenvalue weighted by Gasteiger charge is -2.10. The molecule has 0 radical (unpaired) electrons. The third kappa shape index (κ3) is 4.35. The Bertz CT molecular complexity index is 576. The van der Waals surface area contributed by atoms with Crippen LogP contribution >= 0.6 is 0 Å². The SMILES string of the molecule is COc1ccc(/C=C(\C)CNC2CCS(=O)(=O)C2)cc1. The molecular weight excluding hydrogens is 274 g/mol. The molecule has 20 heavy (non-hydrogen) atoms. The van der Waals surface area contributed by atoms with Crippen LogP contribution in [0, 0.1) is 0 Å². The van der Waals surface area contributed by atoms with Crippen LogP contribution < -0.4 is 10.1 Å². The molecule has 1 atom stereocenters. The molecule has 1 aromatic carbocycles. The van der Waals surface area contributed by atoms with Gasteiger partial charge in [-0.1, -0.05) is 23.8 Å². The normalized spacial score (nSPS) is 21.9. The van der Waals surface area contributed by atoms with E-state index < -0.39 is 9.84 Å². The van der Waals surface area contributed by atoms with Crippen LogP contribution in [0.5, 0.6) is 5.75 Å². The second-order valence-electron chi connectivity index (χ2n) is 5.24. The third-order valence-electron chi connectivity index (χ3n) is 3.43. The number of hydrogen-bond donors (Lipinski definition) is 1. The van der Waals surface area contributed by atoms with Crippen molar-refractivity contribution in [3.05, 3.63) is 35.4 Å². The van der Waals surface area contributed by atoms with Crippen LogP contribution in [0.3, 0.4) is 0 Å². The summed E-state index contributed by atoms with van der Waals surface area (Å²) in [7, 11) is -1.16. The first-order valence-electron chi connectivity index (χ1n) is 6.73. The summed E-state index contributed by atoms with van der Waals surface area (Å²) >= 11 is 0. The third-order valence-corrected chi connectivity index (χ3v) is 5.20. The molecule has 1 aliphatic heterocycles. The minimum absolute atomic E-state index is 0.0965. The van der Waals surface area contributed by atoms with Gasteiger partial charge < -0.3 is 10.1 Å². The van der Waals surface area contributed by atoms with E-state index in [1.165, 1.54) is 5.57 Å². The minimum atomic E-state index is -2.81. The van der Waals surface area contributed by atoms with Crippen LogP contribution in [-0.2, 0) is 9.84 Å². The van der Waals surface area contributed by atoms with E-state index in [-0.39, 0.29) is 11.8 Å². The first-order valence-corrected chi connectivity index (χ1v) is 8.56. The molecule has 1 heterocycles. The first kappa shape index (κ1) is 15.1. The molecule has 0 amide bonds.